The maximum absolute atomic E-state index is 9.14. The number of hydrogen-bond acceptors (Lipinski definition) is 4. The summed E-state index contributed by atoms with van der Waals surface area (Å²) in [4.78, 5) is 0. The third-order valence-electron chi connectivity index (χ3n) is 2.76. The first kappa shape index (κ1) is 11.2. The lowest BCUT2D eigenvalue weighted by atomic mass is 9.97. The maximum Gasteiger partial charge on any atom is 0.231 e. The van der Waals surface area contributed by atoms with Gasteiger partial charge in [-0.3, -0.25) is 0 Å². The van der Waals surface area contributed by atoms with Crippen LogP contribution in [0.15, 0.2) is 18.2 Å². The van der Waals surface area contributed by atoms with Crippen molar-refractivity contribution in [3.63, 3.8) is 0 Å². The Bertz CT molecular complexity index is 351. The predicted octanol–water partition coefficient (Wildman–Crippen LogP) is 0.949. The summed E-state index contributed by atoms with van der Waals surface area (Å²) >= 11 is 0. The molecule has 0 aromatic heterocycles. The van der Waals surface area contributed by atoms with Crippen LogP contribution < -0.4 is 9.47 Å². The molecule has 4 heteroatoms. The van der Waals surface area contributed by atoms with Gasteiger partial charge < -0.3 is 19.7 Å². The molecule has 2 rings (SSSR count). The lowest BCUT2D eigenvalue weighted by Crippen LogP contribution is -2.11. The summed E-state index contributed by atoms with van der Waals surface area (Å²) in [6.07, 6.45) is 1.36. The molecule has 0 saturated carbocycles. The molecule has 2 N–H and O–H groups in total. The standard InChI is InChI=1S/C12H16O4/c13-4-3-10(7-14)5-9-1-2-11-12(6-9)16-8-15-11/h1-2,6,10,13-14H,3-5,7-8H2/t10-/m1/s1. The lowest BCUT2D eigenvalue weighted by Gasteiger charge is -2.12. The SMILES string of the molecule is OCC[C@@H](CO)Cc1ccc2c(c1)OCO2. The molecular formula is C12H16O4. The highest BCUT2D eigenvalue weighted by atomic mass is 16.7. The van der Waals surface area contributed by atoms with E-state index in [1.54, 1.807) is 0 Å². The summed E-state index contributed by atoms with van der Waals surface area (Å²) in [5, 5.41) is 18.0. The van der Waals surface area contributed by atoms with Crippen LogP contribution >= 0.6 is 0 Å². The lowest BCUT2D eigenvalue weighted by molar-refractivity contribution is 0.173. The molecule has 88 valence electrons. The first-order chi connectivity index (χ1) is 7.83. The minimum absolute atomic E-state index is 0.0923. The number of ether oxygens (including phenoxy) is 2. The van der Waals surface area contributed by atoms with E-state index < -0.39 is 0 Å². The zero-order valence-electron chi connectivity index (χ0n) is 9.06. The van der Waals surface area contributed by atoms with E-state index in [0.717, 1.165) is 23.5 Å². The Balaban J connectivity index is 2.04. The summed E-state index contributed by atoms with van der Waals surface area (Å²) < 4.78 is 10.5. The van der Waals surface area contributed by atoms with E-state index in [9.17, 15) is 0 Å². The highest BCUT2D eigenvalue weighted by Crippen LogP contribution is 2.33. The Morgan fingerprint density at radius 3 is 2.75 bits per heavy atom. The molecule has 16 heavy (non-hydrogen) atoms. The van der Waals surface area contributed by atoms with Crippen LogP contribution in [0.3, 0.4) is 0 Å². The molecule has 1 heterocycles. The van der Waals surface area contributed by atoms with E-state index in [0.29, 0.717) is 6.42 Å². The van der Waals surface area contributed by atoms with Crippen molar-refractivity contribution in [3.05, 3.63) is 23.8 Å². The van der Waals surface area contributed by atoms with Gasteiger partial charge in [0.05, 0.1) is 0 Å². The topological polar surface area (TPSA) is 58.9 Å². The molecule has 1 aliphatic rings. The number of hydrogen-bond donors (Lipinski definition) is 2. The number of fused-ring (bicyclic) bond motifs is 1. The molecule has 0 radical (unpaired) electrons. The Morgan fingerprint density at radius 2 is 2.00 bits per heavy atom. The van der Waals surface area contributed by atoms with Crippen LogP contribution in [-0.2, 0) is 6.42 Å². The zero-order valence-corrected chi connectivity index (χ0v) is 9.06. The van der Waals surface area contributed by atoms with Crippen molar-refractivity contribution in [2.45, 2.75) is 12.8 Å². The number of aliphatic hydroxyl groups excluding tert-OH is 2. The summed E-state index contributed by atoms with van der Waals surface area (Å²) in [7, 11) is 0. The summed E-state index contributed by atoms with van der Waals surface area (Å²) in [5.41, 5.74) is 1.09. The van der Waals surface area contributed by atoms with Gasteiger partial charge in [0.15, 0.2) is 11.5 Å². The second-order valence-electron chi connectivity index (χ2n) is 3.95. The fourth-order valence-corrected chi connectivity index (χ4v) is 1.84. The summed E-state index contributed by atoms with van der Waals surface area (Å²) in [6, 6.07) is 5.78. The Kier molecular flexibility index (Phi) is 3.64. The van der Waals surface area contributed by atoms with Crippen molar-refractivity contribution >= 4 is 0 Å². The van der Waals surface area contributed by atoms with Gasteiger partial charge in [0, 0.05) is 13.2 Å². The molecule has 0 aliphatic carbocycles. The smallest absolute Gasteiger partial charge is 0.231 e. The fraction of sp³-hybridized carbons (Fsp3) is 0.500. The van der Waals surface area contributed by atoms with Gasteiger partial charge in [-0.25, -0.2) is 0 Å². The van der Waals surface area contributed by atoms with Crippen molar-refractivity contribution in [1.29, 1.82) is 0 Å². The Labute approximate surface area is 94.4 Å². The maximum atomic E-state index is 9.14. The Hall–Kier alpha value is -1.26. The molecule has 4 nitrogen and oxygen atoms in total. The molecule has 0 saturated heterocycles. The molecule has 1 aromatic rings. The van der Waals surface area contributed by atoms with Crippen molar-refractivity contribution in [2.24, 2.45) is 5.92 Å². The monoisotopic (exact) mass is 224 g/mol. The van der Waals surface area contributed by atoms with Crippen molar-refractivity contribution in [3.8, 4) is 11.5 Å². The van der Waals surface area contributed by atoms with Gasteiger partial charge >= 0.3 is 0 Å². The van der Waals surface area contributed by atoms with Gasteiger partial charge in [-0.05, 0) is 36.5 Å². The number of rotatable bonds is 5. The van der Waals surface area contributed by atoms with Crippen LogP contribution in [0, 0.1) is 5.92 Å². The van der Waals surface area contributed by atoms with Crippen LogP contribution in [0.5, 0.6) is 11.5 Å². The third kappa shape index (κ3) is 2.46. The van der Waals surface area contributed by atoms with Gasteiger partial charge in [-0.15, -0.1) is 0 Å². The summed E-state index contributed by atoms with van der Waals surface area (Å²) in [5.74, 6) is 1.63. The van der Waals surface area contributed by atoms with E-state index in [1.165, 1.54) is 0 Å². The van der Waals surface area contributed by atoms with Crippen molar-refractivity contribution < 1.29 is 19.7 Å². The van der Waals surface area contributed by atoms with Crippen molar-refractivity contribution in [2.75, 3.05) is 20.0 Å². The van der Waals surface area contributed by atoms with E-state index in [-0.39, 0.29) is 25.9 Å². The molecule has 0 fully saturated rings. The zero-order chi connectivity index (χ0) is 11.4. The van der Waals surface area contributed by atoms with Gasteiger partial charge in [0.1, 0.15) is 0 Å². The first-order valence-corrected chi connectivity index (χ1v) is 5.43. The minimum atomic E-state index is 0.0923. The van der Waals surface area contributed by atoms with E-state index in [2.05, 4.69) is 0 Å². The first-order valence-electron chi connectivity index (χ1n) is 5.43. The predicted molar refractivity (Wildman–Crippen MR) is 58.5 cm³/mol. The van der Waals surface area contributed by atoms with Crippen LogP contribution in [-0.4, -0.2) is 30.2 Å². The second-order valence-corrected chi connectivity index (χ2v) is 3.95. The highest BCUT2D eigenvalue weighted by molar-refractivity contribution is 5.44. The van der Waals surface area contributed by atoms with Gasteiger partial charge in [-0.2, -0.15) is 0 Å². The molecule has 1 atom stereocenters. The molecule has 0 spiro atoms. The van der Waals surface area contributed by atoms with Crippen LogP contribution in [0.25, 0.3) is 0 Å². The molecule has 0 amide bonds. The molecule has 1 aromatic carbocycles. The molecule has 1 aliphatic heterocycles. The van der Waals surface area contributed by atoms with Gasteiger partial charge in [0.25, 0.3) is 0 Å². The average Bonchev–Trinajstić information content (AvgIpc) is 2.75. The second kappa shape index (κ2) is 5.18. The number of aliphatic hydroxyl groups is 2. The largest absolute Gasteiger partial charge is 0.454 e. The summed E-state index contributed by atoms with van der Waals surface area (Å²) in [6.45, 7) is 0.476. The van der Waals surface area contributed by atoms with E-state index in [1.807, 2.05) is 18.2 Å². The van der Waals surface area contributed by atoms with Crippen LogP contribution in [0.1, 0.15) is 12.0 Å². The van der Waals surface area contributed by atoms with Gasteiger partial charge in [0.2, 0.25) is 6.79 Å². The molecule has 0 bridgehead atoms. The van der Waals surface area contributed by atoms with E-state index in [4.69, 9.17) is 19.7 Å². The quantitative estimate of drug-likeness (QED) is 0.781. The minimum Gasteiger partial charge on any atom is -0.454 e. The number of benzene rings is 1. The van der Waals surface area contributed by atoms with Gasteiger partial charge in [-0.1, -0.05) is 6.07 Å². The van der Waals surface area contributed by atoms with Crippen molar-refractivity contribution in [1.82, 2.24) is 0 Å². The molecular weight excluding hydrogens is 208 g/mol. The molecule has 0 unspecified atom stereocenters. The highest BCUT2D eigenvalue weighted by Gasteiger charge is 2.15. The van der Waals surface area contributed by atoms with E-state index >= 15 is 0 Å². The normalized spacial score (nSPS) is 15.1. The third-order valence-corrected chi connectivity index (χ3v) is 2.76. The Morgan fingerprint density at radius 1 is 1.19 bits per heavy atom. The average molecular weight is 224 g/mol. The van der Waals surface area contributed by atoms with Crippen LogP contribution in [0.2, 0.25) is 0 Å². The fourth-order valence-electron chi connectivity index (χ4n) is 1.84. The van der Waals surface area contributed by atoms with Crippen LogP contribution in [0.4, 0.5) is 0 Å².